The summed E-state index contributed by atoms with van der Waals surface area (Å²) in [6.07, 6.45) is 8.90. The number of nitrogens with zero attached hydrogens (tertiary/aromatic N) is 1. The Labute approximate surface area is 159 Å². The van der Waals surface area contributed by atoms with Crippen LogP contribution in [0.3, 0.4) is 0 Å². The van der Waals surface area contributed by atoms with Crippen molar-refractivity contribution in [2.75, 3.05) is 26.3 Å². The van der Waals surface area contributed by atoms with Crippen molar-refractivity contribution in [3.05, 3.63) is 0 Å². The molecule has 0 aromatic heterocycles. The van der Waals surface area contributed by atoms with Gasteiger partial charge in [-0.25, -0.2) is 0 Å². The van der Waals surface area contributed by atoms with E-state index in [4.69, 9.17) is 9.73 Å². The molecule has 150 valence electrons. The maximum Gasteiger partial charge on any atom is 0.191 e. The van der Waals surface area contributed by atoms with Crippen LogP contribution < -0.4 is 10.6 Å². The van der Waals surface area contributed by atoms with Crippen LogP contribution in [0.2, 0.25) is 0 Å². The lowest BCUT2D eigenvalue weighted by atomic mass is 9.54. The van der Waals surface area contributed by atoms with Crippen molar-refractivity contribution >= 4 is 5.96 Å². The van der Waals surface area contributed by atoms with Crippen molar-refractivity contribution in [2.24, 2.45) is 28.2 Å². The lowest BCUT2D eigenvalue weighted by Gasteiger charge is -2.57. The van der Waals surface area contributed by atoms with Crippen molar-refractivity contribution in [1.29, 1.82) is 0 Å². The number of aliphatic imine (C=N–C) groups is 1. The third-order valence-electron chi connectivity index (χ3n) is 6.77. The first kappa shape index (κ1) is 19.9. The fourth-order valence-electron chi connectivity index (χ4n) is 5.72. The first-order valence-corrected chi connectivity index (χ1v) is 10.9. The molecule has 1 heterocycles. The number of hydrogen-bond donors (Lipinski definition) is 3. The molecule has 5 heteroatoms. The molecule has 1 saturated heterocycles. The molecule has 0 radical (unpaired) electrons. The highest BCUT2D eigenvalue weighted by Gasteiger charge is 2.65. The summed E-state index contributed by atoms with van der Waals surface area (Å²) >= 11 is 0. The number of nitrogens with one attached hydrogen (secondary N) is 2. The Hall–Kier alpha value is -0.810. The zero-order valence-electron chi connectivity index (χ0n) is 17.0. The third kappa shape index (κ3) is 4.04. The second-order valence-corrected chi connectivity index (χ2v) is 9.03. The molecule has 1 spiro atoms. The number of guanidine groups is 1. The lowest BCUT2D eigenvalue weighted by Crippen LogP contribution is -2.69. The van der Waals surface area contributed by atoms with E-state index in [0.717, 1.165) is 38.5 Å². The molecule has 0 bridgehead atoms. The molecule has 1 aliphatic heterocycles. The molecule has 0 aromatic rings. The van der Waals surface area contributed by atoms with Crippen LogP contribution in [0.1, 0.15) is 65.7 Å². The average molecular weight is 366 g/mol. The zero-order chi connectivity index (χ0) is 18.6. The molecular formula is C21H39N3O2. The first-order valence-electron chi connectivity index (χ1n) is 10.9. The van der Waals surface area contributed by atoms with Crippen LogP contribution in [-0.2, 0) is 4.74 Å². The summed E-state index contributed by atoms with van der Waals surface area (Å²) in [6, 6.07) is 0.511. The Morgan fingerprint density at radius 2 is 2.08 bits per heavy atom. The fourth-order valence-corrected chi connectivity index (χ4v) is 5.72. The molecule has 2 saturated carbocycles. The normalized spacial score (nSPS) is 31.1. The van der Waals surface area contributed by atoms with Crippen molar-refractivity contribution < 1.29 is 9.84 Å². The zero-order valence-corrected chi connectivity index (χ0v) is 17.0. The molecule has 4 atom stereocenters. The van der Waals surface area contributed by atoms with Crippen LogP contribution in [0.15, 0.2) is 4.99 Å². The predicted molar refractivity (Wildman–Crippen MR) is 106 cm³/mol. The Bertz CT molecular complexity index is 474. The quantitative estimate of drug-likeness (QED) is 0.457. The van der Waals surface area contributed by atoms with E-state index >= 15 is 0 Å². The monoisotopic (exact) mass is 365 g/mol. The van der Waals surface area contributed by atoms with Crippen LogP contribution in [0.4, 0.5) is 0 Å². The van der Waals surface area contributed by atoms with Crippen LogP contribution in [-0.4, -0.2) is 49.5 Å². The summed E-state index contributed by atoms with van der Waals surface area (Å²) in [7, 11) is 0. The van der Waals surface area contributed by atoms with E-state index in [2.05, 4.69) is 31.4 Å². The Morgan fingerprint density at radius 1 is 1.31 bits per heavy atom. The summed E-state index contributed by atoms with van der Waals surface area (Å²) in [5.74, 6) is 2.71. The van der Waals surface area contributed by atoms with Gasteiger partial charge in [-0.15, -0.1) is 0 Å². The molecule has 3 N–H and O–H groups in total. The molecule has 2 aliphatic carbocycles. The number of aliphatic hydroxyl groups is 1. The Kier molecular flexibility index (Phi) is 6.84. The highest BCUT2D eigenvalue weighted by molar-refractivity contribution is 5.80. The molecule has 3 fully saturated rings. The standard InChI is InChI=1S/C21H39N3O2/c1-4-22-20(23-14-16(7-11-25)13-15(2)3)24-18-17-8-12-26-19(17)21(18)9-5-6-10-21/h15-19,25H,4-14H2,1-3H3,(H2,22,23,24). The van der Waals surface area contributed by atoms with Crippen molar-refractivity contribution in [1.82, 2.24) is 10.6 Å². The Balaban J connectivity index is 1.65. The number of hydrogen-bond acceptors (Lipinski definition) is 3. The van der Waals surface area contributed by atoms with Gasteiger partial charge in [-0.3, -0.25) is 4.99 Å². The van der Waals surface area contributed by atoms with Gasteiger partial charge < -0.3 is 20.5 Å². The summed E-state index contributed by atoms with van der Waals surface area (Å²) in [5.41, 5.74) is 0.347. The minimum atomic E-state index is 0.254. The lowest BCUT2D eigenvalue weighted by molar-refractivity contribution is -0.125. The molecule has 4 unspecified atom stereocenters. The number of fused-ring (bicyclic) bond motifs is 2. The smallest absolute Gasteiger partial charge is 0.191 e. The largest absolute Gasteiger partial charge is 0.396 e. The van der Waals surface area contributed by atoms with E-state index in [1.165, 1.54) is 32.1 Å². The number of ether oxygens (including phenoxy) is 1. The van der Waals surface area contributed by atoms with E-state index < -0.39 is 0 Å². The summed E-state index contributed by atoms with van der Waals surface area (Å²) in [5, 5.41) is 16.6. The van der Waals surface area contributed by atoms with Gasteiger partial charge in [0, 0.05) is 43.7 Å². The van der Waals surface area contributed by atoms with Crippen molar-refractivity contribution in [3.63, 3.8) is 0 Å². The van der Waals surface area contributed by atoms with Gasteiger partial charge in [0.1, 0.15) is 0 Å². The molecule has 0 aromatic carbocycles. The second-order valence-electron chi connectivity index (χ2n) is 9.03. The van der Waals surface area contributed by atoms with Gasteiger partial charge >= 0.3 is 0 Å². The van der Waals surface area contributed by atoms with E-state index in [9.17, 15) is 5.11 Å². The van der Waals surface area contributed by atoms with Gasteiger partial charge in [0.15, 0.2) is 5.96 Å². The topological polar surface area (TPSA) is 65.9 Å². The molecule has 3 aliphatic rings. The summed E-state index contributed by atoms with van der Waals surface area (Å²) in [6.45, 7) is 9.47. The molecule has 0 amide bonds. The summed E-state index contributed by atoms with van der Waals surface area (Å²) in [4.78, 5) is 4.92. The highest BCUT2D eigenvalue weighted by Crippen LogP contribution is 2.60. The van der Waals surface area contributed by atoms with Crippen molar-refractivity contribution in [2.45, 2.75) is 77.9 Å². The minimum absolute atomic E-state index is 0.254. The van der Waals surface area contributed by atoms with Crippen LogP contribution in [0.5, 0.6) is 0 Å². The summed E-state index contributed by atoms with van der Waals surface area (Å²) < 4.78 is 6.11. The molecular weight excluding hydrogens is 326 g/mol. The van der Waals surface area contributed by atoms with Crippen LogP contribution in [0.25, 0.3) is 0 Å². The van der Waals surface area contributed by atoms with Crippen molar-refractivity contribution in [3.8, 4) is 0 Å². The van der Waals surface area contributed by atoms with E-state index in [0.29, 0.717) is 35.3 Å². The van der Waals surface area contributed by atoms with E-state index in [1.807, 2.05) is 0 Å². The van der Waals surface area contributed by atoms with Crippen LogP contribution >= 0.6 is 0 Å². The van der Waals surface area contributed by atoms with Gasteiger partial charge in [-0.2, -0.15) is 0 Å². The number of aliphatic hydroxyl groups excluding tert-OH is 1. The highest BCUT2D eigenvalue weighted by atomic mass is 16.5. The maximum atomic E-state index is 9.36. The average Bonchev–Trinajstić information content (AvgIpc) is 3.25. The minimum Gasteiger partial charge on any atom is -0.396 e. The van der Waals surface area contributed by atoms with Gasteiger partial charge in [-0.1, -0.05) is 26.7 Å². The van der Waals surface area contributed by atoms with Crippen LogP contribution in [0, 0.1) is 23.2 Å². The second kappa shape index (κ2) is 8.92. The van der Waals surface area contributed by atoms with E-state index in [1.54, 1.807) is 0 Å². The molecule has 5 nitrogen and oxygen atoms in total. The first-order chi connectivity index (χ1) is 12.6. The maximum absolute atomic E-state index is 9.36. The molecule has 26 heavy (non-hydrogen) atoms. The van der Waals surface area contributed by atoms with Gasteiger partial charge in [0.05, 0.1) is 6.10 Å². The Morgan fingerprint density at radius 3 is 2.73 bits per heavy atom. The van der Waals surface area contributed by atoms with Gasteiger partial charge in [0.25, 0.3) is 0 Å². The third-order valence-corrected chi connectivity index (χ3v) is 6.77. The molecule has 3 rings (SSSR count). The van der Waals surface area contributed by atoms with Gasteiger partial charge in [-0.05, 0) is 50.9 Å². The number of rotatable bonds is 8. The van der Waals surface area contributed by atoms with E-state index in [-0.39, 0.29) is 6.61 Å². The predicted octanol–water partition coefficient (Wildman–Crippen LogP) is 2.93. The fraction of sp³-hybridized carbons (Fsp3) is 0.952. The van der Waals surface area contributed by atoms with Gasteiger partial charge in [0.2, 0.25) is 0 Å². The SMILES string of the molecule is CCNC(=NCC(CCO)CC(C)C)NC1C2CCOC2C12CCCC2.